The van der Waals surface area contributed by atoms with E-state index in [0.717, 1.165) is 29.5 Å². The summed E-state index contributed by atoms with van der Waals surface area (Å²) in [6, 6.07) is 4.04. The largest absolute Gasteiger partial charge is 0.444 e. The van der Waals surface area contributed by atoms with Gasteiger partial charge in [-0.3, -0.25) is 9.59 Å². The molecule has 0 aliphatic rings. The van der Waals surface area contributed by atoms with E-state index in [0.29, 0.717) is 18.1 Å². The van der Waals surface area contributed by atoms with E-state index in [-0.39, 0.29) is 23.9 Å². The second kappa shape index (κ2) is 15.4. The van der Waals surface area contributed by atoms with Crippen LogP contribution in [0, 0.1) is 19.8 Å². The summed E-state index contributed by atoms with van der Waals surface area (Å²) in [5, 5.41) is 5.86. The summed E-state index contributed by atoms with van der Waals surface area (Å²) in [6.07, 6.45) is 3.40. The number of carbonyl (C=O) groups excluding carboxylic acids is 3. The quantitative estimate of drug-likeness (QED) is 0.307. The zero-order valence-corrected chi connectivity index (χ0v) is 26.3. The van der Waals surface area contributed by atoms with Gasteiger partial charge in [0.05, 0.1) is 0 Å². The molecule has 3 atom stereocenters. The van der Waals surface area contributed by atoms with Crippen molar-refractivity contribution >= 4 is 29.7 Å². The molecule has 0 aliphatic heterocycles. The van der Waals surface area contributed by atoms with Gasteiger partial charge < -0.3 is 20.3 Å². The number of thioether (sulfide) groups is 1. The number of ether oxygens (including phenoxy) is 1. The van der Waals surface area contributed by atoms with E-state index in [4.69, 9.17) is 4.74 Å². The standard InChI is InChI=1S/C30H51N3O4S/c1-19(2)12-13-23(7)33(28(35)25(14-15-38-11)32-29(36)37-30(8,9)10)26(27(34)31-20(3)4)24-17-21(5)16-22(6)18-24/h16-20,23,25-26H,12-15H2,1-11H3,(H,31,34)(H,32,36). The molecule has 0 aliphatic carbocycles. The van der Waals surface area contributed by atoms with E-state index in [2.05, 4.69) is 30.5 Å². The molecule has 0 radical (unpaired) electrons. The van der Waals surface area contributed by atoms with E-state index in [9.17, 15) is 14.4 Å². The van der Waals surface area contributed by atoms with Gasteiger partial charge in [0, 0.05) is 12.1 Å². The number of nitrogens with zero attached hydrogens (tertiary/aromatic N) is 1. The summed E-state index contributed by atoms with van der Waals surface area (Å²) >= 11 is 1.60. The fourth-order valence-corrected chi connectivity index (χ4v) is 4.88. The first-order valence-corrected chi connectivity index (χ1v) is 15.1. The topological polar surface area (TPSA) is 87.7 Å². The van der Waals surface area contributed by atoms with E-state index in [1.54, 1.807) is 37.4 Å². The van der Waals surface area contributed by atoms with Crippen LogP contribution in [0.25, 0.3) is 0 Å². The maximum absolute atomic E-state index is 14.4. The van der Waals surface area contributed by atoms with Crippen LogP contribution < -0.4 is 10.6 Å². The van der Waals surface area contributed by atoms with Gasteiger partial charge in [-0.25, -0.2) is 4.79 Å². The van der Waals surface area contributed by atoms with Crippen LogP contribution in [-0.2, 0) is 14.3 Å². The highest BCUT2D eigenvalue weighted by Crippen LogP contribution is 2.29. The van der Waals surface area contributed by atoms with Crippen molar-refractivity contribution in [3.63, 3.8) is 0 Å². The first kappa shape index (κ1) is 33.8. The van der Waals surface area contributed by atoms with E-state index >= 15 is 0 Å². The number of nitrogens with one attached hydrogen (secondary N) is 2. The van der Waals surface area contributed by atoms with E-state index in [1.165, 1.54) is 0 Å². The van der Waals surface area contributed by atoms with Crippen molar-refractivity contribution in [2.24, 2.45) is 5.92 Å². The summed E-state index contributed by atoms with van der Waals surface area (Å²) in [5.74, 6) is 0.623. The van der Waals surface area contributed by atoms with Gasteiger partial charge >= 0.3 is 6.09 Å². The second-order valence-corrected chi connectivity index (χ2v) is 13.0. The summed E-state index contributed by atoms with van der Waals surface area (Å²) in [7, 11) is 0. The lowest BCUT2D eigenvalue weighted by Crippen LogP contribution is -2.56. The molecule has 0 fully saturated rings. The van der Waals surface area contributed by atoms with Crippen molar-refractivity contribution < 1.29 is 19.1 Å². The first-order chi connectivity index (χ1) is 17.5. The molecule has 0 saturated carbocycles. The number of aryl methyl sites for hydroxylation is 2. The number of amides is 3. The molecular weight excluding hydrogens is 498 g/mol. The number of hydrogen-bond donors (Lipinski definition) is 2. The number of benzene rings is 1. The molecule has 1 rings (SSSR count). The lowest BCUT2D eigenvalue weighted by molar-refractivity contribution is -0.145. The van der Waals surface area contributed by atoms with Crippen LogP contribution in [0.4, 0.5) is 4.79 Å². The molecule has 216 valence electrons. The summed E-state index contributed by atoms with van der Waals surface area (Å²) in [6.45, 7) is 19.5. The van der Waals surface area contributed by atoms with Crippen LogP contribution in [0.5, 0.6) is 0 Å². The summed E-state index contributed by atoms with van der Waals surface area (Å²) in [4.78, 5) is 42.6. The second-order valence-electron chi connectivity index (χ2n) is 12.0. The molecule has 0 bridgehead atoms. The minimum Gasteiger partial charge on any atom is -0.444 e. The van der Waals surface area contributed by atoms with Crippen LogP contribution in [0.2, 0.25) is 0 Å². The van der Waals surface area contributed by atoms with Gasteiger partial charge in [-0.2, -0.15) is 11.8 Å². The van der Waals surface area contributed by atoms with Crippen LogP contribution in [0.3, 0.4) is 0 Å². The van der Waals surface area contributed by atoms with E-state index < -0.39 is 23.8 Å². The Morgan fingerprint density at radius 3 is 1.97 bits per heavy atom. The van der Waals surface area contributed by atoms with Crippen molar-refractivity contribution in [1.29, 1.82) is 0 Å². The molecule has 8 heteroatoms. The molecule has 0 heterocycles. The Morgan fingerprint density at radius 1 is 0.921 bits per heavy atom. The van der Waals surface area contributed by atoms with Crippen molar-refractivity contribution in [3.8, 4) is 0 Å². The van der Waals surface area contributed by atoms with Gasteiger partial charge in [0.2, 0.25) is 11.8 Å². The number of alkyl carbamates (subject to hydrolysis) is 1. The summed E-state index contributed by atoms with van der Waals surface area (Å²) < 4.78 is 5.49. The van der Waals surface area contributed by atoms with Crippen molar-refractivity contribution in [2.45, 2.75) is 118 Å². The molecule has 3 unspecified atom stereocenters. The van der Waals surface area contributed by atoms with Gasteiger partial charge in [-0.05, 0) is 98.1 Å². The lowest BCUT2D eigenvalue weighted by atomic mass is 9.95. The molecule has 0 saturated heterocycles. The number of hydrogen-bond acceptors (Lipinski definition) is 5. The highest BCUT2D eigenvalue weighted by molar-refractivity contribution is 7.98. The summed E-state index contributed by atoms with van der Waals surface area (Å²) in [5.41, 5.74) is 2.12. The van der Waals surface area contributed by atoms with Crippen LogP contribution in [0.15, 0.2) is 18.2 Å². The maximum atomic E-state index is 14.4. The van der Waals surface area contributed by atoms with Gasteiger partial charge in [-0.15, -0.1) is 0 Å². The predicted molar refractivity (Wildman–Crippen MR) is 158 cm³/mol. The molecule has 7 nitrogen and oxygen atoms in total. The number of carbonyl (C=O) groups is 3. The monoisotopic (exact) mass is 549 g/mol. The Bertz CT molecular complexity index is 906. The van der Waals surface area contributed by atoms with Crippen molar-refractivity contribution in [3.05, 3.63) is 34.9 Å². The highest BCUT2D eigenvalue weighted by atomic mass is 32.2. The average molecular weight is 550 g/mol. The fourth-order valence-electron chi connectivity index (χ4n) is 4.40. The fraction of sp³-hybridized carbons (Fsp3) is 0.700. The van der Waals surface area contributed by atoms with Crippen LogP contribution in [-0.4, -0.2) is 58.5 Å². The molecule has 1 aromatic carbocycles. The maximum Gasteiger partial charge on any atom is 0.408 e. The Balaban J connectivity index is 3.65. The van der Waals surface area contributed by atoms with Gasteiger partial charge in [-0.1, -0.05) is 43.2 Å². The lowest BCUT2D eigenvalue weighted by Gasteiger charge is -2.39. The predicted octanol–water partition coefficient (Wildman–Crippen LogP) is 6.17. The Kier molecular flexibility index (Phi) is 13.7. The Morgan fingerprint density at radius 2 is 1.50 bits per heavy atom. The normalized spacial score (nSPS) is 14.1. The third-order valence-electron chi connectivity index (χ3n) is 6.01. The number of rotatable bonds is 13. The Hall–Kier alpha value is -2.22. The highest BCUT2D eigenvalue weighted by Gasteiger charge is 2.39. The third-order valence-corrected chi connectivity index (χ3v) is 6.65. The van der Waals surface area contributed by atoms with Crippen LogP contribution in [0.1, 0.15) is 97.4 Å². The van der Waals surface area contributed by atoms with E-state index in [1.807, 2.05) is 53.0 Å². The van der Waals surface area contributed by atoms with Gasteiger partial charge in [0.25, 0.3) is 0 Å². The van der Waals surface area contributed by atoms with Crippen molar-refractivity contribution in [1.82, 2.24) is 15.5 Å². The molecule has 0 aromatic heterocycles. The van der Waals surface area contributed by atoms with Crippen LogP contribution >= 0.6 is 11.8 Å². The molecule has 3 amide bonds. The minimum atomic E-state index is -0.831. The van der Waals surface area contributed by atoms with Gasteiger partial charge in [0.15, 0.2) is 0 Å². The smallest absolute Gasteiger partial charge is 0.408 e. The molecule has 38 heavy (non-hydrogen) atoms. The molecule has 1 aromatic rings. The molecule has 0 spiro atoms. The zero-order valence-electron chi connectivity index (χ0n) is 25.4. The SMILES string of the molecule is CSCCC(NC(=O)OC(C)(C)C)C(=O)N(C(C)CCC(C)C)C(C(=O)NC(C)C)c1cc(C)cc(C)c1. The Labute approximate surface area is 235 Å². The zero-order chi connectivity index (χ0) is 29.2. The first-order valence-electron chi connectivity index (χ1n) is 13.7. The average Bonchev–Trinajstić information content (AvgIpc) is 2.75. The molecular formula is C30H51N3O4S. The van der Waals surface area contributed by atoms with Gasteiger partial charge in [0.1, 0.15) is 17.7 Å². The van der Waals surface area contributed by atoms with Crippen molar-refractivity contribution in [2.75, 3.05) is 12.0 Å². The third kappa shape index (κ3) is 11.7. The molecule has 2 N–H and O–H groups in total. The minimum absolute atomic E-state index is 0.0917.